The van der Waals surface area contributed by atoms with Crippen molar-refractivity contribution in [3.05, 3.63) is 64.8 Å². The average Bonchev–Trinajstić information content (AvgIpc) is 3.08. The summed E-state index contributed by atoms with van der Waals surface area (Å²) in [6.45, 7) is 1.98. The standard InChI is InChI=1S/C18H15N5O3/c1-2-26-18(25)12-10-21-23-14-7-8-22(15-6-4-3-5-13(15)19)17(24)11(14)9-20-16(12)23/h3-10H,2,19H2,1H3. The quantitative estimate of drug-likeness (QED) is 0.447. The van der Waals surface area contributed by atoms with Crippen LogP contribution in [0.25, 0.3) is 22.2 Å². The molecule has 2 N–H and O–H groups in total. The maximum absolute atomic E-state index is 12.9. The fourth-order valence-electron chi connectivity index (χ4n) is 2.87. The molecule has 0 radical (unpaired) electrons. The van der Waals surface area contributed by atoms with Crippen LogP contribution in [0.4, 0.5) is 5.69 Å². The Bertz CT molecular complexity index is 1210. The highest BCUT2D eigenvalue weighted by Crippen LogP contribution is 2.19. The van der Waals surface area contributed by atoms with Gasteiger partial charge in [0, 0.05) is 12.4 Å². The van der Waals surface area contributed by atoms with Gasteiger partial charge in [0.1, 0.15) is 5.56 Å². The Hall–Kier alpha value is -3.68. The third kappa shape index (κ3) is 2.31. The lowest BCUT2D eigenvalue weighted by molar-refractivity contribution is 0.0528. The number of nitrogen functional groups attached to an aromatic ring is 1. The minimum absolute atomic E-state index is 0.255. The zero-order chi connectivity index (χ0) is 18.3. The van der Waals surface area contributed by atoms with E-state index in [1.807, 2.05) is 6.07 Å². The molecule has 4 aromatic rings. The number of benzene rings is 1. The van der Waals surface area contributed by atoms with Crippen LogP contribution in [0.1, 0.15) is 17.3 Å². The highest BCUT2D eigenvalue weighted by Gasteiger charge is 2.17. The molecule has 0 atom stereocenters. The lowest BCUT2D eigenvalue weighted by atomic mass is 10.2. The van der Waals surface area contributed by atoms with Crippen LogP contribution in [0, 0.1) is 0 Å². The number of rotatable bonds is 3. The van der Waals surface area contributed by atoms with Crippen LogP contribution in [-0.2, 0) is 4.74 Å². The molecule has 1 aromatic carbocycles. The minimum Gasteiger partial charge on any atom is -0.462 e. The Morgan fingerprint density at radius 2 is 2.04 bits per heavy atom. The molecule has 0 aliphatic rings. The van der Waals surface area contributed by atoms with E-state index in [9.17, 15) is 9.59 Å². The molecule has 26 heavy (non-hydrogen) atoms. The smallest absolute Gasteiger partial charge is 0.343 e. The Morgan fingerprint density at radius 1 is 1.23 bits per heavy atom. The van der Waals surface area contributed by atoms with Gasteiger partial charge in [-0.15, -0.1) is 0 Å². The topological polar surface area (TPSA) is 105 Å². The van der Waals surface area contributed by atoms with Gasteiger partial charge in [-0.1, -0.05) is 12.1 Å². The summed E-state index contributed by atoms with van der Waals surface area (Å²) in [5, 5.41) is 4.55. The maximum atomic E-state index is 12.9. The first kappa shape index (κ1) is 15.8. The highest BCUT2D eigenvalue weighted by atomic mass is 16.5. The molecular formula is C18H15N5O3. The van der Waals surface area contributed by atoms with Crippen molar-refractivity contribution in [1.82, 2.24) is 19.2 Å². The van der Waals surface area contributed by atoms with Crippen LogP contribution in [0.15, 0.2) is 53.7 Å². The Kier molecular flexibility index (Phi) is 3.65. The maximum Gasteiger partial charge on any atom is 0.343 e. The van der Waals surface area contributed by atoms with Gasteiger partial charge in [-0.25, -0.2) is 14.3 Å². The largest absolute Gasteiger partial charge is 0.462 e. The molecule has 0 aliphatic carbocycles. The molecule has 0 saturated carbocycles. The number of carbonyl (C=O) groups is 1. The number of hydrogen-bond donors (Lipinski definition) is 1. The van der Waals surface area contributed by atoms with Crippen LogP contribution in [-0.4, -0.2) is 31.7 Å². The van der Waals surface area contributed by atoms with Crippen molar-refractivity contribution in [1.29, 1.82) is 0 Å². The van der Waals surface area contributed by atoms with E-state index >= 15 is 0 Å². The number of nitrogens with two attached hydrogens (primary N) is 1. The lowest BCUT2D eigenvalue weighted by Crippen LogP contribution is -2.20. The van der Waals surface area contributed by atoms with Crippen LogP contribution >= 0.6 is 0 Å². The third-order valence-corrected chi connectivity index (χ3v) is 4.09. The molecule has 130 valence electrons. The van der Waals surface area contributed by atoms with Gasteiger partial charge in [-0.05, 0) is 25.1 Å². The average molecular weight is 349 g/mol. The molecule has 0 amide bonds. The summed E-state index contributed by atoms with van der Waals surface area (Å²) in [4.78, 5) is 29.2. The van der Waals surface area contributed by atoms with Crippen molar-refractivity contribution >= 4 is 28.2 Å². The molecule has 0 bridgehead atoms. The van der Waals surface area contributed by atoms with E-state index in [1.165, 1.54) is 21.5 Å². The lowest BCUT2D eigenvalue weighted by Gasteiger charge is -2.10. The number of nitrogens with zero attached hydrogens (tertiary/aromatic N) is 4. The number of anilines is 1. The number of para-hydroxylation sites is 2. The van der Waals surface area contributed by atoms with Crippen LogP contribution in [0.3, 0.4) is 0 Å². The molecular weight excluding hydrogens is 334 g/mol. The molecule has 4 rings (SSSR count). The summed E-state index contributed by atoms with van der Waals surface area (Å²) in [7, 11) is 0. The van der Waals surface area contributed by atoms with Gasteiger partial charge in [0.25, 0.3) is 5.56 Å². The second-order valence-corrected chi connectivity index (χ2v) is 5.62. The first-order valence-corrected chi connectivity index (χ1v) is 8.02. The predicted molar refractivity (Wildman–Crippen MR) is 96.5 cm³/mol. The Labute approximate surface area is 147 Å². The van der Waals surface area contributed by atoms with E-state index in [1.54, 1.807) is 37.4 Å². The van der Waals surface area contributed by atoms with Gasteiger partial charge in [-0.3, -0.25) is 9.36 Å². The third-order valence-electron chi connectivity index (χ3n) is 4.09. The van der Waals surface area contributed by atoms with E-state index in [0.29, 0.717) is 27.9 Å². The summed E-state index contributed by atoms with van der Waals surface area (Å²) in [5.74, 6) is -0.500. The molecule has 0 unspecified atom stereocenters. The summed E-state index contributed by atoms with van der Waals surface area (Å²) < 4.78 is 7.93. The zero-order valence-corrected chi connectivity index (χ0v) is 13.9. The molecule has 0 fully saturated rings. The second kappa shape index (κ2) is 5.99. The van der Waals surface area contributed by atoms with Gasteiger partial charge >= 0.3 is 5.97 Å². The van der Waals surface area contributed by atoms with Crippen molar-refractivity contribution in [3.63, 3.8) is 0 Å². The summed E-state index contributed by atoms with van der Waals surface area (Å²) >= 11 is 0. The second-order valence-electron chi connectivity index (χ2n) is 5.62. The van der Waals surface area contributed by atoms with Crippen LogP contribution in [0.2, 0.25) is 0 Å². The van der Waals surface area contributed by atoms with Crippen molar-refractivity contribution in [3.8, 4) is 5.69 Å². The molecule has 8 heteroatoms. The van der Waals surface area contributed by atoms with Crippen molar-refractivity contribution < 1.29 is 9.53 Å². The first-order chi connectivity index (χ1) is 12.6. The number of hydrogen-bond acceptors (Lipinski definition) is 6. The molecule has 0 aliphatic heterocycles. The van der Waals surface area contributed by atoms with E-state index in [2.05, 4.69) is 10.1 Å². The molecule has 3 heterocycles. The number of ether oxygens (including phenoxy) is 1. The Morgan fingerprint density at radius 3 is 2.81 bits per heavy atom. The van der Waals surface area contributed by atoms with Gasteiger partial charge in [0.15, 0.2) is 5.65 Å². The van der Waals surface area contributed by atoms with Gasteiger partial charge in [0.2, 0.25) is 0 Å². The summed E-state index contributed by atoms with van der Waals surface area (Å²) in [6, 6.07) is 8.84. The number of aromatic nitrogens is 4. The van der Waals surface area contributed by atoms with Crippen LogP contribution < -0.4 is 11.3 Å². The summed E-state index contributed by atoms with van der Waals surface area (Å²) in [5.41, 5.74) is 7.92. The molecule has 3 aromatic heterocycles. The summed E-state index contributed by atoms with van der Waals surface area (Å²) in [6.07, 6.45) is 4.45. The van der Waals surface area contributed by atoms with E-state index in [-0.39, 0.29) is 17.7 Å². The van der Waals surface area contributed by atoms with E-state index in [4.69, 9.17) is 10.5 Å². The van der Waals surface area contributed by atoms with Gasteiger partial charge in [-0.2, -0.15) is 5.10 Å². The first-order valence-electron chi connectivity index (χ1n) is 8.02. The predicted octanol–water partition coefficient (Wildman–Crippen LogP) is 1.79. The van der Waals surface area contributed by atoms with E-state index < -0.39 is 5.97 Å². The molecule has 0 saturated heterocycles. The molecule has 8 nitrogen and oxygen atoms in total. The molecule has 0 spiro atoms. The van der Waals surface area contributed by atoms with Gasteiger partial charge < -0.3 is 10.5 Å². The fraction of sp³-hybridized carbons (Fsp3) is 0.111. The van der Waals surface area contributed by atoms with Crippen molar-refractivity contribution in [2.75, 3.05) is 12.3 Å². The number of fused-ring (bicyclic) bond motifs is 3. The minimum atomic E-state index is -0.500. The monoisotopic (exact) mass is 349 g/mol. The highest BCUT2D eigenvalue weighted by molar-refractivity contribution is 5.97. The Balaban J connectivity index is 1.95. The van der Waals surface area contributed by atoms with Crippen molar-refractivity contribution in [2.24, 2.45) is 0 Å². The van der Waals surface area contributed by atoms with Crippen LogP contribution in [0.5, 0.6) is 0 Å². The number of carbonyl (C=O) groups excluding carboxylic acids is 1. The fourth-order valence-corrected chi connectivity index (χ4v) is 2.87. The number of pyridine rings is 1. The van der Waals surface area contributed by atoms with Crippen molar-refractivity contribution in [2.45, 2.75) is 6.92 Å². The van der Waals surface area contributed by atoms with Gasteiger partial charge in [0.05, 0.1) is 35.1 Å². The zero-order valence-electron chi connectivity index (χ0n) is 13.9. The normalized spacial score (nSPS) is 11.1. The van der Waals surface area contributed by atoms with E-state index in [0.717, 1.165) is 0 Å². The SMILES string of the molecule is CCOC(=O)c1cnn2c1ncc1c(=O)n(-c3ccccc3N)ccc12. The number of esters is 1.